The van der Waals surface area contributed by atoms with Gasteiger partial charge in [-0.1, -0.05) is 0 Å². The molecule has 3 aliphatic rings. The van der Waals surface area contributed by atoms with E-state index in [0.29, 0.717) is 57.3 Å². The second-order valence-corrected chi connectivity index (χ2v) is 15.7. The number of halogens is 3. The van der Waals surface area contributed by atoms with Crippen LogP contribution in [0.25, 0.3) is 21.7 Å². The summed E-state index contributed by atoms with van der Waals surface area (Å²) >= 11 is 0. The lowest BCUT2D eigenvalue weighted by atomic mass is 9.95. The van der Waals surface area contributed by atoms with E-state index in [-0.39, 0.29) is 30.0 Å². The minimum atomic E-state index is -4.53. The van der Waals surface area contributed by atoms with Crippen LogP contribution in [0.2, 0.25) is 0 Å². The molecule has 3 fully saturated rings. The SMILES string of the molecule is COc1cc2nc(C)nc(N[C@H](C)c3cc(N)cc(C(F)(F)F)c3)c2cc1O[C@H]1CCN(CC2CCN(c3ccc4c(O)n(C5CCC(=O)NC5=O)cc4c3)CC2)C1. The Labute approximate surface area is 333 Å². The number of rotatable bonds is 10. The topological polar surface area (TPSA) is 160 Å². The predicted octanol–water partition coefficient (Wildman–Crippen LogP) is 6.73. The van der Waals surface area contributed by atoms with Crippen LogP contribution in [0, 0.1) is 12.8 Å². The van der Waals surface area contributed by atoms with Crippen molar-refractivity contribution in [2.24, 2.45) is 5.92 Å². The first kappa shape index (κ1) is 39.1. The molecule has 3 aliphatic heterocycles. The maximum atomic E-state index is 13.6. The van der Waals surface area contributed by atoms with Crippen LogP contribution in [0.5, 0.6) is 17.4 Å². The molecular weight excluding hydrogens is 754 g/mol. The first-order valence-corrected chi connectivity index (χ1v) is 19.6. The molecule has 0 saturated carbocycles. The number of aromatic nitrogens is 3. The van der Waals surface area contributed by atoms with Crippen molar-refractivity contribution in [3.63, 3.8) is 0 Å². The lowest BCUT2D eigenvalue weighted by Crippen LogP contribution is -2.41. The third-order valence-corrected chi connectivity index (χ3v) is 11.6. The van der Waals surface area contributed by atoms with E-state index in [0.717, 1.165) is 75.2 Å². The number of aromatic hydroxyl groups is 1. The van der Waals surface area contributed by atoms with E-state index >= 15 is 0 Å². The number of nitrogens with one attached hydrogen (secondary N) is 2. The van der Waals surface area contributed by atoms with Crippen LogP contribution in [-0.4, -0.2) is 82.3 Å². The number of carbonyl (C=O) groups is 2. The van der Waals surface area contributed by atoms with Crippen LogP contribution in [0.15, 0.2) is 54.7 Å². The monoisotopic (exact) mass is 800 g/mol. The highest BCUT2D eigenvalue weighted by Crippen LogP contribution is 2.39. The van der Waals surface area contributed by atoms with Gasteiger partial charge in [0.2, 0.25) is 11.8 Å². The van der Waals surface area contributed by atoms with E-state index in [1.54, 1.807) is 37.8 Å². The highest BCUT2D eigenvalue weighted by atomic mass is 19.4. The van der Waals surface area contributed by atoms with E-state index in [2.05, 4.69) is 36.5 Å². The third-order valence-electron chi connectivity index (χ3n) is 11.6. The molecule has 306 valence electrons. The number of piperidine rings is 2. The number of methoxy groups -OCH3 is 1. The quantitative estimate of drug-likeness (QED) is 0.0877. The summed E-state index contributed by atoms with van der Waals surface area (Å²) in [7, 11) is 1.58. The summed E-state index contributed by atoms with van der Waals surface area (Å²) in [5.41, 5.74) is 7.12. The van der Waals surface area contributed by atoms with Crippen LogP contribution in [0.1, 0.15) is 68.1 Å². The summed E-state index contributed by atoms with van der Waals surface area (Å²) in [6, 6.07) is 12.0. The van der Waals surface area contributed by atoms with Crippen molar-refractivity contribution in [2.45, 2.75) is 70.3 Å². The zero-order chi connectivity index (χ0) is 40.9. The van der Waals surface area contributed by atoms with E-state index in [4.69, 9.17) is 15.2 Å². The van der Waals surface area contributed by atoms with E-state index in [1.165, 1.54) is 6.07 Å². The van der Waals surface area contributed by atoms with Crippen molar-refractivity contribution in [3.8, 4) is 17.4 Å². The molecule has 1 unspecified atom stereocenters. The molecule has 3 atom stereocenters. The summed E-state index contributed by atoms with van der Waals surface area (Å²) in [6.45, 7) is 7.93. The van der Waals surface area contributed by atoms with Gasteiger partial charge in [0.1, 0.15) is 23.8 Å². The van der Waals surface area contributed by atoms with Crippen molar-refractivity contribution in [1.82, 2.24) is 24.8 Å². The maximum absolute atomic E-state index is 13.6. The lowest BCUT2D eigenvalue weighted by molar-refractivity contribution is -0.138. The number of benzene rings is 3. The van der Waals surface area contributed by atoms with Gasteiger partial charge in [0.15, 0.2) is 17.4 Å². The minimum absolute atomic E-state index is 0.0249. The number of ether oxygens (including phenoxy) is 2. The highest BCUT2D eigenvalue weighted by Gasteiger charge is 2.33. The van der Waals surface area contributed by atoms with Crippen molar-refractivity contribution in [3.05, 3.63) is 71.7 Å². The number of aryl methyl sites for hydroxylation is 1. The van der Waals surface area contributed by atoms with Gasteiger partial charge in [-0.2, -0.15) is 13.2 Å². The third kappa shape index (κ3) is 8.02. The molecule has 2 amide bonds. The maximum Gasteiger partial charge on any atom is 0.416 e. The molecule has 3 saturated heterocycles. The van der Waals surface area contributed by atoms with E-state index < -0.39 is 29.7 Å². The summed E-state index contributed by atoms with van der Waals surface area (Å²) < 4.78 is 54.5. The fourth-order valence-corrected chi connectivity index (χ4v) is 8.56. The van der Waals surface area contributed by atoms with Crippen molar-refractivity contribution >= 4 is 50.7 Å². The zero-order valence-corrected chi connectivity index (χ0v) is 32.6. The molecule has 58 heavy (non-hydrogen) atoms. The van der Waals surface area contributed by atoms with E-state index in [9.17, 15) is 27.9 Å². The molecule has 13 nitrogen and oxygen atoms in total. The average molecular weight is 801 g/mol. The number of imide groups is 1. The summed E-state index contributed by atoms with van der Waals surface area (Å²) in [5, 5.41) is 18.7. The second kappa shape index (κ2) is 15.5. The Kier molecular flexibility index (Phi) is 10.5. The lowest BCUT2D eigenvalue weighted by Gasteiger charge is -2.35. The van der Waals surface area contributed by atoms with Crippen LogP contribution >= 0.6 is 0 Å². The number of nitrogen functional groups attached to an aromatic ring is 1. The van der Waals surface area contributed by atoms with Gasteiger partial charge in [-0.3, -0.25) is 19.8 Å². The molecule has 8 rings (SSSR count). The number of alkyl halides is 3. The van der Waals surface area contributed by atoms with Gasteiger partial charge in [-0.15, -0.1) is 0 Å². The first-order valence-electron chi connectivity index (χ1n) is 19.6. The molecule has 2 aromatic heterocycles. The molecule has 0 aliphatic carbocycles. The Hall–Kier alpha value is -5.77. The molecular formula is C42H47F3N8O5. The normalized spacial score (nSPS) is 20.1. The minimum Gasteiger partial charge on any atom is -0.494 e. The Morgan fingerprint density at radius 1 is 1.00 bits per heavy atom. The van der Waals surface area contributed by atoms with Gasteiger partial charge in [-0.25, -0.2) is 9.97 Å². The fourth-order valence-electron chi connectivity index (χ4n) is 8.56. The number of anilines is 3. The second-order valence-electron chi connectivity index (χ2n) is 15.7. The van der Waals surface area contributed by atoms with Gasteiger partial charge in [0, 0.05) is 78.9 Å². The Morgan fingerprint density at radius 2 is 1.79 bits per heavy atom. The van der Waals surface area contributed by atoms with Crippen molar-refractivity contribution in [1.29, 1.82) is 0 Å². The Morgan fingerprint density at radius 3 is 2.53 bits per heavy atom. The standard InChI is InChI=1S/C42H47F3N8O5/c1-23(26-14-28(42(43,44)45)17-29(46)15-26)47-39-33-18-37(36(57-3)19-34(33)48-24(2)49-39)58-31-10-11-51(22-31)20-25-8-12-52(13-9-25)30-4-5-32-27(16-30)21-53(41(32)56)35-6-7-38(54)50-40(35)55/h4-5,14-19,21,23,25,31,35,56H,6-13,20,22,46H2,1-3H3,(H,47,48,49)(H,50,54,55)/t23-,31+,35?/m1/s1. The zero-order valence-electron chi connectivity index (χ0n) is 32.6. The Balaban J connectivity index is 0.895. The number of carbonyl (C=O) groups excluding carboxylic acids is 2. The summed E-state index contributed by atoms with van der Waals surface area (Å²) in [5.74, 6) is 1.88. The largest absolute Gasteiger partial charge is 0.494 e. The number of nitrogens with zero attached hydrogens (tertiary/aromatic N) is 5. The smallest absolute Gasteiger partial charge is 0.416 e. The van der Waals surface area contributed by atoms with Crippen molar-refractivity contribution < 1.29 is 37.3 Å². The number of hydrogen-bond acceptors (Lipinski definition) is 11. The number of amides is 2. The van der Waals surface area contributed by atoms with Crippen LogP contribution < -0.4 is 30.7 Å². The summed E-state index contributed by atoms with van der Waals surface area (Å²) in [4.78, 5) is 38.1. The number of hydrogen-bond donors (Lipinski definition) is 4. The molecule has 0 spiro atoms. The van der Waals surface area contributed by atoms with Crippen LogP contribution in [0.3, 0.4) is 0 Å². The van der Waals surface area contributed by atoms with Crippen molar-refractivity contribution in [2.75, 3.05) is 55.8 Å². The van der Waals surface area contributed by atoms with Crippen LogP contribution in [0.4, 0.5) is 30.4 Å². The van der Waals surface area contributed by atoms with Gasteiger partial charge in [0.25, 0.3) is 0 Å². The molecule has 3 aromatic carbocycles. The summed E-state index contributed by atoms with van der Waals surface area (Å²) in [6.07, 6.45) is 0.685. The number of fused-ring (bicyclic) bond motifs is 2. The van der Waals surface area contributed by atoms with Gasteiger partial charge >= 0.3 is 6.18 Å². The number of nitrogens with two attached hydrogens (primary N) is 1. The molecule has 5 heterocycles. The molecule has 0 radical (unpaired) electrons. The molecule has 5 aromatic rings. The fraction of sp³-hybridized carbons (Fsp3) is 0.429. The molecule has 0 bridgehead atoms. The number of likely N-dealkylation sites (tertiary alicyclic amines) is 1. The van der Waals surface area contributed by atoms with E-state index in [1.807, 2.05) is 18.2 Å². The van der Waals surface area contributed by atoms with Crippen LogP contribution in [-0.2, 0) is 15.8 Å². The first-order chi connectivity index (χ1) is 27.7. The molecule has 16 heteroatoms. The van der Waals surface area contributed by atoms with Gasteiger partial charge in [-0.05, 0) is 93.5 Å². The Bertz CT molecular complexity index is 2380. The van der Waals surface area contributed by atoms with Gasteiger partial charge in [0.05, 0.1) is 24.2 Å². The average Bonchev–Trinajstić information content (AvgIpc) is 3.76. The molecule has 5 N–H and O–H groups in total. The highest BCUT2D eigenvalue weighted by molar-refractivity contribution is 6.00. The van der Waals surface area contributed by atoms with Gasteiger partial charge < -0.3 is 35.1 Å². The predicted molar refractivity (Wildman–Crippen MR) is 214 cm³/mol.